The molecule has 0 spiro atoms. The van der Waals surface area contributed by atoms with Gasteiger partial charge in [0.25, 0.3) is 0 Å². The van der Waals surface area contributed by atoms with Gasteiger partial charge in [-0.1, -0.05) is 19.1 Å². The van der Waals surface area contributed by atoms with Crippen molar-refractivity contribution >= 4 is 0 Å². The Hall–Kier alpha value is -1.74. The van der Waals surface area contributed by atoms with Gasteiger partial charge in [-0.2, -0.15) is 0 Å². The van der Waals surface area contributed by atoms with Crippen LogP contribution in [0.2, 0.25) is 0 Å². The third-order valence-corrected chi connectivity index (χ3v) is 3.29. The fraction of sp³-hybridized carbons (Fsp3) is 0.267. The summed E-state index contributed by atoms with van der Waals surface area (Å²) in [6, 6.07) is 10.2. The van der Waals surface area contributed by atoms with Crippen LogP contribution in [0.5, 0.6) is 0 Å². The average Bonchev–Trinajstić information content (AvgIpc) is 2.41. The van der Waals surface area contributed by atoms with Gasteiger partial charge in [-0.25, -0.2) is 4.39 Å². The minimum absolute atomic E-state index is 0.0479. The SMILES string of the molecule is Cc1ccc(F)cc1C(N)C(C)c1ccccn1. The lowest BCUT2D eigenvalue weighted by Crippen LogP contribution is -2.19. The van der Waals surface area contributed by atoms with Gasteiger partial charge in [0.1, 0.15) is 5.82 Å². The molecule has 0 radical (unpaired) electrons. The monoisotopic (exact) mass is 244 g/mol. The molecule has 0 amide bonds. The predicted octanol–water partition coefficient (Wildman–Crippen LogP) is 3.33. The maximum Gasteiger partial charge on any atom is 0.123 e. The van der Waals surface area contributed by atoms with E-state index in [2.05, 4.69) is 4.98 Å². The standard InChI is InChI=1S/C15H17FN2/c1-10-6-7-12(16)9-13(10)15(17)11(2)14-5-3-4-8-18-14/h3-9,11,15H,17H2,1-2H3. The van der Waals surface area contributed by atoms with Crippen LogP contribution in [0.4, 0.5) is 4.39 Å². The number of aryl methyl sites for hydroxylation is 1. The Morgan fingerprint density at radius 3 is 2.67 bits per heavy atom. The molecular weight excluding hydrogens is 227 g/mol. The molecular formula is C15H17FN2. The largest absolute Gasteiger partial charge is 0.323 e. The van der Waals surface area contributed by atoms with Crippen molar-refractivity contribution in [2.45, 2.75) is 25.8 Å². The molecule has 0 bridgehead atoms. The lowest BCUT2D eigenvalue weighted by Gasteiger charge is -2.21. The van der Waals surface area contributed by atoms with Crippen LogP contribution in [0.15, 0.2) is 42.6 Å². The summed E-state index contributed by atoms with van der Waals surface area (Å²) < 4.78 is 13.3. The highest BCUT2D eigenvalue weighted by molar-refractivity contribution is 5.31. The van der Waals surface area contributed by atoms with Crippen LogP contribution in [0.25, 0.3) is 0 Å². The van der Waals surface area contributed by atoms with Crippen LogP contribution in [0.3, 0.4) is 0 Å². The van der Waals surface area contributed by atoms with Crippen molar-refractivity contribution in [1.29, 1.82) is 0 Å². The molecule has 2 aromatic rings. The van der Waals surface area contributed by atoms with Gasteiger partial charge < -0.3 is 5.73 Å². The highest BCUT2D eigenvalue weighted by Gasteiger charge is 2.19. The van der Waals surface area contributed by atoms with Crippen molar-refractivity contribution < 1.29 is 4.39 Å². The van der Waals surface area contributed by atoms with Gasteiger partial charge >= 0.3 is 0 Å². The van der Waals surface area contributed by atoms with Crippen LogP contribution >= 0.6 is 0 Å². The number of halogens is 1. The lowest BCUT2D eigenvalue weighted by atomic mass is 9.90. The van der Waals surface area contributed by atoms with Gasteiger partial charge in [-0.15, -0.1) is 0 Å². The van der Waals surface area contributed by atoms with Crippen LogP contribution in [-0.2, 0) is 0 Å². The fourth-order valence-corrected chi connectivity index (χ4v) is 2.07. The van der Waals surface area contributed by atoms with E-state index in [-0.39, 0.29) is 17.8 Å². The van der Waals surface area contributed by atoms with E-state index >= 15 is 0 Å². The first-order valence-corrected chi connectivity index (χ1v) is 6.02. The summed E-state index contributed by atoms with van der Waals surface area (Å²) in [5.41, 5.74) is 9.01. The Morgan fingerprint density at radius 2 is 2.00 bits per heavy atom. The van der Waals surface area contributed by atoms with E-state index < -0.39 is 0 Å². The first kappa shape index (κ1) is 12.7. The Balaban J connectivity index is 2.31. The fourth-order valence-electron chi connectivity index (χ4n) is 2.07. The van der Waals surface area contributed by atoms with Gasteiger partial charge in [-0.05, 0) is 42.3 Å². The van der Waals surface area contributed by atoms with Crippen LogP contribution in [0, 0.1) is 12.7 Å². The average molecular weight is 244 g/mol. The van der Waals surface area contributed by atoms with Gasteiger partial charge in [0, 0.05) is 23.9 Å². The lowest BCUT2D eigenvalue weighted by molar-refractivity contribution is 0.569. The number of hydrogen-bond donors (Lipinski definition) is 1. The van der Waals surface area contributed by atoms with Crippen molar-refractivity contribution in [2.24, 2.45) is 5.73 Å². The number of pyridine rings is 1. The topological polar surface area (TPSA) is 38.9 Å². The van der Waals surface area contributed by atoms with E-state index in [9.17, 15) is 4.39 Å². The third-order valence-electron chi connectivity index (χ3n) is 3.29. The number of nitrogens with two attached hydrogens (primary N) is 1. The highest BCUT2D eigenvalue weighted by Crippen LogP contribution is 2.29. The van der Waals surface area contributed by atoms with Crippen molar-refractivity contribution in [3.8, 4) is 0 Å². The molecule has 1 heterocycles. The molecule has 2 unspecified atom stereocenters. The molecule has 2 nitrogen and oxygen atoms in total. The number of nitrogens with zero attached hydrogens (tertiary/aromatic N) is 1. The normalized spacial score (nSPS) is 14.2. The zero-order valence-corrected chi connectivity index (χ0v) is 10.6. The molecule has 18 heavy (non-hydrogen) atoms. The number of benzene rings is 1. The van der Waals surface area contributed by atoms with E-state index in [1.807, 2.05) is 32.0 Å². The van der Waals surface area contributed by atoms with E-state index in [1.54, 1.807) is 12.3 Å². The van der Waals surface area contributed by atoms with Gasteiger partial charge in [0.05, 0.1) is 0 Å². The highest BCUT2D eigenvalue weighted by atomic mass is 19.1. The van der Waals surface area contributed by atoms with Crippen molar-refractivity contribution in [3.05, 3.63) is 65.2 Å². The molecule has 2 rings (SSSR count). The molecule has 2 atom stereocenters. The summed E-state index contributed by atoms with van der Waals surface area (Å²) in [6.45, 7) is 3.96. The molecule has 1 aromatic heterocycles. The number of aromatic nitrogens is 1. The Kier molecular flexibility index (Phi) is 3.72. The smallest absolute Gasteiger partial charge is 0.123 e. The van der Waals surface area contributed by atoms with Crippen LogP contribution in [-0.4, -0.2) is 4.98 Å². The summed E-state index contributed by atoms with van der Waals surface area (Å²) in [4.78, 5) is 4.30. The van der Waals surface area contributed by atoms with Crippen LogP contribution < -0.4 is 5.73 Å². The Labute approximate surface area is 107 Å². The van der Waals surface area contributed by atoms with Crippen molar-refractivity contribution in [2.75, 3.05) is 0 Å². The summed E-state index contributed by atoms with van der Waals surface area (Å²) in [5, 5.41) is 0. The quantitative estimate of drug-likeness (QED) is 0.899. The van der Waals surface area contributed by atoms with Gasteiger partial charge in [0.15, 0.2) is 0 Å². The molecule has 0 fully saturated rings. The third kappa shape index (κ3) is 2.57. The number of hydrogen-bond acceptors (Lipinski definition) is 2. The molecule has 0 aliphatic heterocycles. The van der Waals surface area contributed by atoms with Crippen LogP contribution in [0.1, 0.15) is 35.7 Å². The number of rotatable bonds is 3. The summed E-state index contributed by atoms with van der Waals surface area (Å²) >= 11 is 0. The van der Waals surface area contributed by atoms with E-state index in [1.165, 1.54) is 12.1 Å². The zero-order chi connectivity index (χ0) is 13.1. The first-order valence-electron chi connectivity index (χ1n) is 6.02. The zero-order valence-electron chi connectivity index (χ0n) is 10.6. The van der Waals surface area contributed by atoms with Gasteiger partial charge in [0.2, 0.25) is 0 Å². The maximum atomic E-state index is 13.3. The summed E-state index contributed by atoms with van der Waals surface area (Å²) in [7, 11) is 0. The Morgan fingerprint density at radius 1 is 1.22 bits per heavy atom. The van der Waals surface area contributed by atoms with Crippen molar-refractivity contribution in [3.63, 3.8) is 0 Å². The minimum Gasteiger partial charge on any atom is -0.323 e. The molecule has 2 N–H and O–H groups in total. The van der Waals surface area contributed by atoms with E-state index in [0.717, 1.165) is 16.8 Å². The molecule has 3 heteroatoms. The van der Waals surface area contributed by atoms with E-state index in [0.29, 0.717) is 0 Å². The Bertz CT molecular complexity index is 525. The second kappa shape index (κ2) is 5.27. The maximum absolute atomic E-state index is 13.3. The van der Waals surface area contributed by atoms with E-state index in [4.69, 9.17) is 5.73 Å². The first-order chi connectivity index (χ1) is 8.59. The minimum atomic E-state index is -0.254. The van der Waals surface area contributed by atoms with Crippen molar-refractivity contribution in [1.82, 2.24) is 4.98 Å². The second-order valence-corrected chi connectivity index (χ2v) is 4.57. The summed E-state index contributed by atoms with van der Waals surface area (Å²) in [6.07, 6.45) is 1.75. The molecule has 0 aliphatic rings. The second-order valence-electron chi connectivity index (χ2n) is 4.57. The molecule has 94 valence electrons. The summed E-state index contributed by atoms with van der Waals surface area (Å²) in [5.74, 6) is -0.203. The molecule has 0 aliphatic carbocycles. The van der Waals surface area contributed by atoms with Gasteiger partial charge in [-0.3, -0.25) is 4.98 Å². The molecule has 1 aromatic carbocycles. The molecule has 0 saturated carbocycles. The molecule has 0 saturated heterocycles. The predicted molar refractivity (Wildman–Crippen MR) is 70.7 cm³/mol.